The molecule has 3 heterocycles. The molecular weight excluding hydrogens is 396 g/mol. The van der Waals surface area contributed by atoms with Crippen molar-refractivity contribution in [2.24, 2.45) is 0 Å². The van der Waals surface area contributed by atoms with Gasteiger partial charge in [0.05, 0.1) is 24.7 Å². The fourth-order valence-corrected chi connectivity index (χ4v) is 4.46. The number of carbonyl (C=O) groups is 1. The number of morpholine rings is 1. The largest absolute Gasteiger partial charge is 0.378 e. The fraction of sp³-hybridized carbons (Fsp3) is 0.316. The Morgan fingerprint density at radius 2 is 2.14 bits per heavy atom. The Balaban J connectivity index is 1.31. The van der Waals surface area contributed by atoms with Gasteiger partial charge in [0.2, 0.25) is 5.91 Å². The number of thioether (sulfide) groups is 1. The number of fused-ring (bicyclic) bond motifs is 1. The van der Waals surface area contributed by atoms with Crippen LogP contribution >= 0.6 is 23.1 Å². The van der Waals surface area contributed by atoms with Crippen LogP contribution in [0, 0.1) is 0 Å². The smallest absolute Gasteiger partial charge is 0.258 e. The summed E-state index contributed by atoms with van der Waals surface area (Å²) >= 11 is 2.86. The number of thiazole rings is 1. The Labute approximate surface area is 170 Å². The zero-order chi connectivity index (χ0) is 19.3. The minimum atomic E-state index is -0.0915. The maximum atomic E-state index is 12.3. The van der Waals surface area contributed by atoms with Gasteiger partial charge in [-0.3, -0.25) is 14.0 Å². The van der Waals surface area contributed by atoms with E-state index in [0.717, 1.165) is 37.7 Å². The minimum Gasteiger partial charge on any atom is -0.378 e. The topological polar surface area (TPSA) is 75.9 Å². The molecule has 3 aromatic rings. The highest BCUT2D eigenvalue weighted by molar-refractivity contribution is 7.99. The van der Waals surface area contributed by atoms with Crippen molar-refractivity contribution >= 4 is 45.3 Å². The highest BCUT2D eigenvalue weighted by atomic mass is 32.2. The third kappa shape index (κ3) is 4.54. The van der Waals surface area contributed by atoms with Crippen molar-refractivity contribution in [1.82, 2.24) is 9.38 Å². The number of nitrogens with one attached hydrogen (secondary N) is 1. The van der Waals surface area contributed by atoms with Crippen molar-refractivity contribution in [2.75, 3.05) is 42.3 Å². The van der Waals surface area contributed by atoms with Gasteiger partial charge in [0.25, 0.3) is 5.56 Å². The van der Waals surface area contributed by atoms with Gasteiger partial charge in [0, 0.05) is 47.9 Å². The van der Waals surface area contributed by atoms with Crippen LogP contribution in [0.1, 0.15) is 5.69 Å². The van der Waals surface area contributed by atoms with Gasteiger partial charge < -0.3 is 15.0 Å². The number of hydrogen-bond acceptors (Lipinski definition) is 7. The molecule has 0 bridgehead atoms. The standard InChI is InChI=1S/C19H20N4O3S2/c24-17(13-27-12-15-11-18(25)23-6-9-28-19(23)21-15)20-14-2-1-3-16(10-14)22-4-7-26-8-5-22/h1-3,6,9-11H,4-5,7-8,12-13H2,(H,20,24). The summed E-state index contributed by atoms with van der Waals surface area (Å²) in [6.45, 7) is 3.16. The van der Waals surface area contributed by atoms with E-state index in [1.165, 1.54) is 33.6 Å². The maximum absolute atomic E-state index is 12.3. The number of nitrogens with zero attached hydrogens (tertiary/aromatic N) is 3. The number of rotatable bonds is 6. The van der Waals surface area contributed by atoms with E-state index in [1.807, 2.05) is 29.6 Å². The van der Waals surface area contributed by atoms with E-state index in [9.17, 15) is 9.59 Å². The number of amides is 1. The lowest BCUT2D eigenvalue weighted by atomic mass is 10.2. The normalized spacial score (nSPS) is 14.4. The highest BCUT2D eigenvalue weighted by Crippen LogP contribution is 2.21. The molecule has 1 aromatic carbocycles. The molecule has 1 saturated heterocycles. The van der Waals surface area contributed by atoms with Crippen molar-refractivity contribution < 1.29 is 9.53 Å². The molecule has 146 valence electrons. The zero-order valence-corrected chi connectivity index (χ0v) is 16.8. The third-order valence-electron chi connectivity index (χ3n) is 4.35. The lowest BCUT2D eigenvalue weighted by Gasteiger charge is -2.29. The van der Waals surface area contributed by atoms with Crippen LogP contribution in [0.5, 0.6) is 0 Å². The fourth-order valence-electron chi connectivity index (χ4n) is 3.01. The molecule has 1 N–H and O–H groups in total. The van der Waals surface area contributed by atoms with Crippen molar-refractivity contribution in [2.45, 2.75) is 5.75 Å². The van der Waals surface area contributed by atoms with Gasteiger partial charge in [-0.1, -0.05) is 6.07 Å². The molecule has 1 fully saturated rings. The van der Waals surface area contributed by atoms with Crippen LogP contribution in [-0.2, 0) is 15.3 Å². The van der Waals surface area contributed by atoms with Gasteiger partial charge in [-0.05, 0) is 18.2 Å². The van der Waals surface area contributed by atoms with Crippen molar-refractivity contribution in [3.8, 4) is 0 Å². The lowest BCUT2D eigenvalue weighted by molar-refractivity contribution is -0.113. The predicted octanol–water partition coefficient (Wildman–Crippen LogP) is 2.46. The molecule has 1 amide bonds. The minimum absolute atomic E-state index is 0.0712. The molecule has 2 aromatic heterocycles. The first kappa shape index (κ1) is 19.0. The average Bonchev–Trinajstić information content (AvgIpc) is 3.18. The van der Waals surface area contributed by atoms with Crippen molar-refractivity contribution in [3.63, 3.8) is 0 Å². The number of aromatic nitrogens is 2. The Hall–Kier alpha value is -2.36. The first-order valence-corrected chi connectivity index (χ1v) is 11.0. The molecule has 28 heavy (non-hydrogen) atoms. The second-order valence-electron chi connectivity index (χ2n) is 6.33. The quantitative estimate of drug-likeness (QED) is 0.665. The summed E-state index contributed by atoms with van der Waals surface area (Å²) in [6, 6.07) is 9.39. The van der Waals surface area contributed by atoms with Gasteiger partial charge in [-0.25, -0.2) is 4.98 Å². The summed E-state index contributed by atoms with van der Waals surface area (Å²) in [5.74, 6) is 0.746. The summed E-state index contributed by atoms with van der Waals surface area (Å²) in [5, 5.41) is 4.78. The molecule has 7 nitrogen and oxygen atoms in total. The van der Waals surface area contributed by atoms with Crippen molar-refractivity contribution in [3.05, 3.63) is 58.0 Å². The molecule has 0 aliphatic carbocycles. The van der Waals surface area contributed by atoms with Crippen LogP contribution in [0.25, 0.3) is 4.96 Å². The molecule has 1 aliphatic heterocycles. The number of benzene rings is 1. The zero-order valence-electron chi connectivity index (χ0n) is 15.2. The van der Waals surface area contributed by atoms with Gasteiger partial charge in [0.1, 0.15) is 0 Å². The van der Waals surface area contributed by atoms with Crippen LogP contribution in [0.4, 0.5) is 11.4 Å². The molecule has 0 saturated carbocycles. The Bertz CT molecular complexity index is 1030. The Morgan fingerprint density at radius 3 is 3.00 bits per heavy atom. The second-order valence-corrected chi connectivity index (χ2v) is 8.19. The number of carbonyl (C=O) groups excluding carboxylic acids is 1. The highest BCUT2D eigenvalue weighted by Gasteiger charge is 2.12. The number of anilines is 2. The van der Waals surface area contributed by atoms with E-state index in [4.69, 9.17) is 4.74 Å². The molecule has 0 radical (unpaired) electrons. The summed E-state index contributed by atoms with van der Waals surface area (Å²) in [4.78, 5) is 31.6. The summed E-state index contributed by atoms with van der Waals surface area (Å²) in [7, 11) is 0. The summed E-state index contributed by atoms with van der Waals surface area (Å²) in [6.07, 6.45) is 1.71. The second kappa shape index (κ2) is 8.76. The molecule has 0 atom stereocenters. The predicted molar refractivity (Wildman–Crippen MR) is 114 cm³/mol. The van der Waals surface area contributed by atoms with E-state index in [1.54, 1.807) is 6.20 Å². The molecular formula is C19H20N4O3S2. The maximum Gasteiger partial charge on any atom is 0.258 e. The van der Waals surface area contributed by atoms with E-state index < -0.39 is 0 Å². The van der Waals surface area contributed by atoms with E-state index >= 15 is 0 Å². The van der Waals surface area contributed by atoms with E-state index in [2.05, 4.69) is 15.2 Å². The van der Waals surface area contributed by atoms with Crippen LogP contribution in [-0.4, -0.2) is 47.3 Å². The average molecular weight is 417 g/mol. The van der Waals surface area contributed by atoms with Crippen LogP contribution in [0.15, 0.2) is 46.7 Å². The summed E-state index contributed by atoms with van der Waals surface area (Å²) in [5.41, 5.74) is 2.47. The molecule has 4 rings (SSSR count). The monoisotopic (exact) mass is 416 g/mol. The SMILES string of the molecule is O=C(CSCc1cc(=O)n2ccsc2n1)Nc1cccc(N2CCOCC2)c1. The van der Waals surface area contributed by atoms with Crippen LogP contribution in [0.2, 0.25) is 0 Å². The molecule has 9 heteroatoms. The van der Waals surface area contributed by atoms with Gasteiger partial charge >= 0.3 is 0 Å². The number of ether oxygens (including phenoxy) is 1. The van der Waals surface area contributed by atoms with Gasteiger partial charge in [-0.15, -0.1) is 23.1 Å². The first-order chi connectivity index (χ1) is 13.7. The number of hydrogen-bond donors (Lipinski definition) is 1. The van der Waals surface area contributed by atoms with Crippen LogP contribution in [0.3, 0.4) is 0 Å². The Morgan fingerprint density at radius 1 is 1.29 bits per heavy atom. The van der Waals surface area contributed by atoms with Crippen LogP contribution < -0.4 is 15.8 Å². The first-order valence-electron chi connectivity index (χ1n) is 8.95. The molecule has 0 unspecified atom stereocenters. The van der Waals surface area contributed by atoms with E-state index in [-0.39, 0.29) is 11.5 Å². The summed E-state index contributed by atoms with van der Waals surface area (Å²) < 4.78 is 6.90. The van der Waals surface area contributed by atoms with E-state index in [0.29, 0.717) is 22.2 Å². The molecule has 1 aliphatic rings. The molecule has 0 spiro atoms. The third-order valence-corrected chi connectivity index (χ3v) is 6.07. The lowest BCUT2D eigenvalue weighted by Crippen LogP contribution is -2.36. The van der Waals surface area contributed by atoms with Gasteiger partial charge in [0.15, 0.2) is 4.96 Å². The van der Waals surface area contributed by atoms with Crippen molar-refractivity contribution in [1.29, 1.82) is 0 Å². The Kier molecular flexibility index (Phi) is 5.94. The van der Waals surface area contributed by atoms with Gasteiger partial charge in [-0.2, -0.15) is 0 Å².